The summed E-state index contributed by atoms with van der Waals surface area (Å²) >= 11 is 0. The first kappa shape index (κ1) is 7.59. The van der Waals surface area contributed by atoms with Crippen molar-refractivity contribution in [3.05, 3.63) is 16.2 Å². The van der Waals surface area contributed by atoms with Crippen LogP contribution in [-0.2, 0) is 0 Å². The Bertz CT molecular complexity index is 323. The van der Waals surface area contributed by atoms with E-state index < -0.39 is 5.69 Å². The van der Waals surface area contributed by atoms with Crippen LogP contribution >= 0.6 is 0 Å². The number of imidazole rings is 1. The van der Waals surface area contributed by atoms with Gasteiger partial charge in [-0.2, -0.15) is 0 Å². The Hall–Kier alpha value is -1.52. The molecule has 5 heteroatoms. The van der Waals surface area contributed by atoms with E-state index in [0.717, 1.165) is 0 Å². The molecule has 11 heavy (non-hydrogen) atoms. The van der Waals surface area contributed by atoms with Gasteiger partial charge in [0.25, 0.3) is 0 Å². The molecule has 0 spiro atoms. The summed E-state index contributed by atoms with van der Waals surface area (Å²) in [5.74, 6) is -0.262. The summed E-state index contributed by atoms with van der Waals surface area (Å²) in [4.78, 5) is 15.0. The van der Waals surface area contributed by atoms with Gasteiger partial charge in [0.15, 0.2) is 0 Å². The second-order valence-corrected chi connectivity index (χ2v) is 2.13. The van der Waals surface area contributed by atoms with Crippen LogP contribution in [0.15, 0.2) is 4.79 Å². The van der Waals surface area contributed by atoms with Crippen LogP contribution in [0.1, 0.15) is 19.0 Å². The number of aromatic amines is 2. The molecule has 0 bridgehead atoms. The van der Waals surface area contributed by atoms with Crippen LogP contribution in [0.25, 0.3) is 0 Å². The third-order valence-corrected chi connectivity index (χ3v) is 1.36. The van der Waals surface area contributed by atoms with E-state index in [1.54, 1.807) is 6.92 Å². The Labute approximate surface area is 62.6 Å². The Kier molecular flexibility index (Phi) is 1.80. The van der Waals surface area contributed by atoms with Gasteiger partial charge in [0.05, 0.1) is 5.71 Å². The minimum Gasteiger partial charge on any atom is -0.493 e. The van der Waals surface area contributed by atoms with Gasteiger partial charge < -0.3 is 15.5 Å². The molecule has 0 saturated carbocycles. The average Bonchev–Trinajstić information content (AvgIpc) is 2.28. The zero-order chi connectivity index (χ0) is 8.43. The molecular weight excluding hydrogens is 146 g/mol. The minimum absolute atomic E-state index is 0.178. The number of aromatic hydroxyl groups is 1. The molecule has 0 aromatic carbocycles. The lowest BCUT2D eigenvalue weighted by Crippen LogP contribution is -2.04. The fourth-order valence-electron chi connectivity index (χ4n) is 0.769. The summed E-state index contributed by atoms with van der Waals surface area (Å²) in [6, 6.07) is 0. The number of hydrogen-bond donors (Lipinski definition) is 4. The van der Waals surface area contributed by atoms with E-state index in [0.29, 0.717) is 6.42 Å². The van der Waals surface area contributed by atoms with Crippen molar-refractivity contribution in [2.24, 2.45) is 0 Å². The molecule has 0 radical (unpaired) electrons. The highest BCUT2D eigenvalue weighted by Crippen LogP contribution is 2.08. The third-order valence-electron chi connectivity index (χ3n) is 1.36. The summed E-state index contributed by atoms with van der Waals surface area (Å²) in [6.45, 7) is 1.77. The van der Waals surface area contributed by atoms with E-state index in [4.69, 9.17) is 10.5 Å². The molecule has 60 valence electrons. The molecule has 1 heterocycles. The van der Waals surface area contributed by atoms with Crippen LogP contribution in [0.3, 0.4) is 0 Å². The minimum atomic E-state index is -0.490. The lowest BCUT2D eigenvalue weighted by molar-refractivity contribution is 0.454. The van der Waals surface area contributed by atoms with Crippen LogP contribution in [0.4, 0.5) is 0 Å². The smallest absolute Gasteiger partial charge is 0.326 e. The van der Waals surface area contributed by atoms with Crippen molar-refractivity contribution in [1.29, 1.82) is 5.41 Å². The Balaban J connectivity index is 3.13. The van der Waals surface area contributed by atoms with Crippen molar-refractivity contribution in [1.82, 2.24) is 9.97 Å². The first-order chi connectivity index (χ1) is 5.15. The van der Waals surface area contributed by atoms with Crippen molar-refractivity contribution in [3.8, 4) is 5.88 Å². The van der Waals surface area contributed by atoms with Crippen LogP contribution in [0.2, 0.25) is 0 Å². The summed E-state index contributed by atoms with van der Waals surface area (Å²) < 4.78 is 0. The summed E-state index contributed by atoms with van der Waals surface area (Å²) in [7, 11) is 0. The van der Waals surface area contributed by atoms with Crippen molar-refractivity contribution in [2.45, 2.75) is 13.3 Å². The standard InChI is InChI=1S/C6H9N3O2/c1-2-3(7)4-5(10)9-6(11)8-4/h7,10H,2H2,1H3,(H2,8,9,11). The Morgan fingerprint density at radius 2 is 2.27 bits per heavy atom. The zero-order valence-electron chi connectivity index (χ0n) is 6.06. The van der Waals surface area contributed by atoms with Gasteiger partial charge in [-0.3, -0.25) is 4.98 Å². The van der Waals surface area contributed by atoms with Crippen LogP contribution in [0, 0.1) is 5.41 Å². The molecule has 0 fully saturated rings. The predicted molar refractivity (Wildman–Crippen MR) is 40.2 cm³/mol. The SMILES string of the molecule is CCC(=N)c1[nH]c(=O)[nH]c1O. The van der Waals surface area contributed by atoms with E-state index in [1.807, 2.05) is 0 Å². The Morgan fingerprint density at radius 3 is 2.64 bits per heavy atom. The number of rotatable bonds is 2. The van der Waals surface area contributed by atoms with Crippen molar-refractivity contribution >= 4 is 5.71 Å². The van der Waals surface area contributed by atoms with Gasteiger partial charge in [-0.25, -0.2) is 4.79 Å². The van der Waals surface area contributed by atoms with Crippen molar-refractivity contribution < 1.29 is 5.11 Å². The highest BCUT2D eigenvalue weighted by molar-refractivity contribution is 5.97. The maximum Gasteiger partial charge on any atom is 0.326 e. The van der Waals surface area contributed by atoms with Gasteiger partial charge in [0.2, 0.25) is 5.88 Å². The van der Waals surface area contributed by atoms with E-state index in [2.05, 4.69) is 9.97 Å². The Morgan fingerprint density at radius 1 is 1.64 bits per heavy atom. The fourth-order valence-corrected chi connectivity index (χ4v) is 0.769. The molecule has 0 atom stereocenters. The molecule has 1 aromatic heterocycles. The number of hydrogen-bond acceptors (Lipinski definition) is 3. The molecule has 4 N–H and O–H groups in total. The first-order valence-corrected chi connectivity index (χ1v) is 3.24. The zero-order valence-corrected chi connectivity index (χ0v) is 6.06. The van der Waals surface area contributed by atoms with Gasteiger partial charge in [-0.15, -0.1) is 0 Å². The molecule has 5 nitrogen and oxygen atoms in total. The number of H-pyrrole nitrogens is 2. The van der Waals surface area contributed by atoms with E-state index >= 15 is 0 Å². The fraction of sp³-hybridized carbons (Fsp3) is 0.333. The molecule has 1 rings (SSSR count). The van der Waals surface area contributed by atoms with E-state index in [1.165, 1.54) is 0 Å². The van der Waals surface area contributed by atoms with Crippen molar-refractivity contribution in [3.63, 3.8) is 0 Å². The molecule has 0 saturated heterocycles. The molecular formula is C6H9N3O2. The second-order valence-electron chi connectivity index (χ2n) is 2.13. The quantitative estimate of drug-likeness (QED) is 0.459. The highest BCUT2D eigenvalue weighted by Gasteiger charge is 2.08. The summed E-state index contributed by atoms with van der Waals surface area (Å²) in [5, 5.41) is 16.3. The predicted octanol–water partition coefficient (Wildman–Crippen LogP) is 0.186. The van der Waals surface area contributed by atoms with Crippen molar-refractivity contribution in [2.75, 3.05) is 0 Å². The van der Waals surface area contributed by atoms with E-state index in [9.17, 15) is 4.79 Å². The van der Waals surface area contributed by atoms with Gasteiger partial charge in [-0.05, 0) is 6.42 Å². The molecule has 0 aliphatic heterocycles. The lowest BCUT2D eigenvalue weighted by Gasteiger charge is -1.94. The highest BCUT2D eigenvalue weighted by atomic mass is 16.3. The van der Waals surface area contributed by atoms with Gasteiger partial charge in [0, 0.05) is 0 Å². The van der Waals surface area contributed by atoms with Crippen LogP contribution in [-0.4, -0.2) is 20.8 Å². The number of nitrogens with one attached hydrogen (secondary N) is 3. The van der Waals surface area contributed by atoms with Gasteiger partial charge >= 0.3 is 5.69 Å². The van der Waals surface area contributed by atoms with E-state index in [-0.39, 0.29) is 17.3 Å². The third kappa shape index (κ3) is 1.31. The van der Waals surface area contributed by atoms with Gasteiger partial charge in [-0.1, -0.05) is 6.92 Å². The maximum atomic E-state index is 10.6. The normalized spacial score (nSPS) is 9.91. The maximum absolute atomic E-state index is 10.6. The first-order valence-electron chi connectivity index (χ1n) is 3.24. The largest absolute Gasteiger partial charge is 0.493 e. The average molecular weight is 155 g/mol. The topological polar surface area (TPSA) is 92.7 Å². The molecule has 0 aliphatic carbocycles. The van der Waals surface area contributed by atoms with Gasteiger partial charge in [0.1, 0.15) is 5.69 Å². The molecule has 0 aliphatic rings. The monoisotopic (exact) mass is 155 g/mol. The lowest BCUT2D eigenvalue weighted by atomic mass is 10.2. The van der Waals surface area contributed by atoms with Crippen LogP contribution < -0.4 is 5.69 Å². The summed E-state index contributed by atoms with van der Waals surface area (Å²) in [5.41, 5.74) is -0.103. The van der Waals surface area contributed by atoms with Crippen LogP contribution in [0.5, 0.6) is 5.88 Å². The summed E-state index contributed by atoms with van der Waals surface area (Å²) in [6.07, 6.45) is 0.474. The molecule has 0 amide bonds. The molecule has 1 aromatic rings. The second kappa shape index (κ2) is 2.61. The molecule has 0 unspecified atom stereocenters. The number of aromatic nitrogens is 2.